The van der Waals surface area contributed by atoms with Crippen LogP contribution in [0.2, 0.25) is 0 Å². The second kappa shape index (κ2) is 9.65. The Morgan fingerprint density at radius 2 is 1.92 bits per heavy atom. The van der Waals surface area contributed by atoms with E-state index in [1.165, 1.54) is 0 Å². The van der Waals surface area contributed by atoms with Crippen LogP contribution in [-0.2, 0) is 11.3 Å². The van der Waals surface area contributed by atoms with Gasteiger partial charge in [-0.2, -0.15) is 0 Å². The summed E-state index contributed by atoms with van der Waals surface area (Å²) in [5, 5.41) is 5.79. The van der Waals surface area contributed by atoms with Crippen LogP contribution >= 0.6 is 0 Å². The maximum atomic E-state index is 11.7. The summed E-state index contributed by atoms with van der Waals surface area (Å²) in [5.74, 6) is 0.269. The van der Waals surface area contributed by atoms with Gasteiger partial charge in [-0.25, -0.2) is 9.79 Å². The zero-order valence-electron chi connectivity index (χ0n) is 15.3. The Morgan fingerprint density at radius 1 is 1.27 bits per heavy atom. The van der Waals surface area contributed by atoms with Crippen molar-refractivity contribution in [3.8, 4) is 0 Å². The number of guanidine groups is 1. The van der Waals surface area contributed by atoms with Crippen LogP contribution in [0.15, 0.2) is 29.3 Å². The minimum atomic E-state index is -0.257. The van der Waals surface area contributed by atoms with E-state index < -0.39 is 0 Å². The average Bonchev–Trinajstić information content (AvgIpc) is 2.67. The minimum absolute atomic E-state index is 0.115. The van der Waals surface area contributed by atoms with Crippen LogP contribution in [0.5, 0.6) is 0 Å². The van der Waals surface area contributed by atoms with Gasteiger partial charge in [-0.3, -0.25) is 4.79 Å². The van der Waals surface area contributed by atoms with Crippen molar-refractivity contribution in [2.24, 2.45) is 10.7 Å². The fraction of sp³-hybridized carbons (Fsp3) is 0.500. The highest BCUT2D eigenvalue weighted by Gasteiger charge is 2.23. The molecule has 2 rings (SSSR count). The molecule has 1 fully saturated rings. The molecule has 1 aliphatic rings. The number of ether oxygens (including phenoxy) is 1. The molecule has 0 radical (unpaired) electrons. The van der Waals surface area contributed by atoms with Crippen molar-refractivity contribution >= 4 is 18.0 Å². The Balaban J connectivity index is 1.78. The van der Waals surface area contributed by atoms with E-state index in [9.17, 15) is 9.59 Å². The standard InChI is InChI=1S/C18H27N5O3/c1-3-26-18(25)23-10-8-15(9-11-23)22-17(19)21-12-13-4-6-14(7-5-13)16(24)20-2/h4-7,15H,3,8-12H2,1-2H3,(H,20,24)(H3,19,21,22). The topological polar surface area (TPSA) is 109 Å². The van der Waals surface area contributed by atoms with Crippen LogP contribution < -0.4 is 16.4 Å². The first-order valence-corrected chi connectivity index (χ1v) is 8.82. The lowest BCUT2D eigenvalue weighted by atomic mass is 10.1. The molecule has 0 spiro atoms. The van der Waals surface area contributed by atoms with Crippen molar-refractivity contribution in [2.45, 2.75) is 32.4 Å². The van der Waals surface area contributed by atoms with E-state index in [1.54, 1.807) is 31.0 Å². The quantitative estimate of drug-likeness (QED) is 0.537. The molecule has 0 aromatic heterocycles. The number of benzene rings is 1. The number of nitrogens with one attached hydrogen (secondary N) is 2. The molecule has 26 heavy (non-hydrogen) atoms. The highest BCUT2D eigenvalue weighted by Crippen LogP contribution is 2.11. The number of carbonyl (C=O) groups is 2. The van der Waals surface area contributed by atoms with E-state index in [4.69, 9.17) is 10.5 Å². The summed E-state index contributed by atoms with van der Waals surface area (Å²) in [5.41, 5.74) is 7.55. The fourth-order valence-electron chi connectivity index (χ4n) is 2.76. The molecular weight excluding hydrogens is 334 g/mol. The molecule has 4 N–H and O–H groups in total. The third-order valence-corrected chi connectivity index (χ3v) is 4.25. The summed E-state index contributed by atoms with van der Waals surface area (Å²) in [6.07, 6.45) is 1.35. The molecule has 1 heterocycles. The van der Waals surface area contributed by atoms with Gasteiger partial charge in [0.25, 0.3) is 5.91 Å². The third-order valence-electron chi connectivity index (χ3n) is 4.25. The Kier molecular flexibility index (Phi) is 7.25. The summed E-state index contributed by atoms with van der Waals surface area (Å²) in [7, 11) is 1.60. The van der Waals surface area contributed by atoms with Gasteiger partial charge >= 0.3 is 6.09 Å². The monoisotopic (exact) mass is 361 g/mol. The number of amides is 2. The summed E-state index contributed by atoms with van der Waals surface area (Å²) in [6, 6.07) is 7.44. The van der Waals surface area contributed by atoms with Gasteiger partial charge in [0.2, 0.25) is 0 Å². The summed E-state index contributed by atoms with van der Waals surface area (Å²) in [6.45, 7) is 3.92. The van der Waals surface area contributed by atoms with Gasteiger partial charge in [-0.05, 0) is 37.5 Å². The fourth-order valence-corrected chi connectivity index (χ4v) is 2.76. The van der Waals surface area contributed by atoms with Gasteiger partial charge in [-0.1, -0.05) is 12.1 Å². The lowest BCUT2D eigenvalue weighted by Gasteiger charge is -2.31. The van der Waals surface area contributed by atoms with E-state index >= 15 is 0 Å². The predicted octanol–water partition coefficient (Wildman–Crippen LogP) is 1.07. The van der Waals surface area contributed by atoms with Gasteiger partial charge in [0.05, 0.1) is 13.2 Å². The molecule has 142 valence electrons. The predicted molar refractivity (Wildman–Crippen MR) is 99.9 cm³/mol. The number of piperidine rings is 1. The molecule has 1 saturated heterocycles. The maximum Gasteiger partial charge on any atom is 0.409 e. The number of nitrogens with two attached hydrogens (primary N) is 1. The van der Waals surface area contributed by atoms with E-state index in [2.05, 4.69) is 15.6 Å². The average molecular weight is 361 g/mol. The summed E-state index contributed by atoms with van der Waals surface area (Å²) < 4.78 is 5.01. The maximum absolute atomic E-state index is 11.7. The number of rotatable bonds is 5. The van der Waals surface area contributed by atoms with Crippen LogP contribution in [0.1, 0.15) is 35.7 Å². The van der Waals surface area contributed by atoms with Crippen molar-refractivity contribution in [3.05, 3.63) is 35.4 Å². The van der Waals surface area contributed by atoms with Crippen molar-refractivity contribution in [3.63, 3.8) is 0 Å². The lowest BCUT2D eigenvalue weighted by Crippen LogP contribution is -2.48. The third kappa shape index (κ3) is 5.65. The molecule has 1 aliphatic heterocycles. The highest BCUT2D eigenvalue weighted by molar-refractivity contribution is 5.93. The summed E-state index contributed by atoms with van der Waals surface area (Å²) in [4.78, 5) is 29.2. The van der Waals surface area contributed by atoms with E-state index in [0.29, 0.717) is 37.8 Å². The van der Waals surface area contributed by atoms with Crippen molar-refractivity contribution in [1.82, 2.24) is 15.5 Å². The molecule has 0 bridgehead atoms. The lowest BCUT2D eigenvalue weighted by molar-refractivity contribution is 0.0955. The van der Waals surface area contributed by atoms with Crippen LogP contribution in [0.4, 0.5) is 4.79 Å². The van der Waals surface area contributed by atoms with Crippen LogP contribution in [0.25, 0.3) is 0 Å². The first-order valence-electron chi connectivity index (χ1n) is 8.82. The molecule has 1 aromatic rings. The Hall–Kier alpha value is -2.77. The van der Waals surface area contributed by atoms with Crippen molar-refractivity contribution in [1.29, 1.82) is 0 Å². The normalized spacial score (nSPS) is 15.5. The molecule has 1 aromatic carbocycles. The van der Waals surface area contributed by atoms with E-state index in [-0.39, 0.29) is 18.0 Å². The van der Waals surface area contributed by atoms with E-state index in [0.717, 1.165) is 18.4 Å². The molecule has 0 atom stereocenters. The van der Waals surface area contributed by atoms with Gasteiger partial charge in [-0.15, -0.1) is 0 Å². The Bertz CT molecular complexity index is 637. The molecule has 0 unspecified atom stereocenters. The number of hydrogen-bond donors (Lipinski definition) is 3. The van der Waals surface area contributed by atoms with Crippen molar-refractivity contribution < 1.29 is 14.3 Å². The second-order valence-electron chi connectivity index (χ2n) is 6.08. The molecule has 2 amide bonds. The summed E-state index contributed by atoms with van der Waals surface area (Å²) >= 11 is 0. The van der Waals surface area contributed by atoms with Crippen LogP contribution in [0.3, 0.4) is 0 Å². The number of likely N-dealkylation sites (tertiary alicyclic amines) is 1. The Labute approximate surface area is 153 Å². The molecule has 8 nitrogen and oxygen atoms in total. The number of aliphatic imine (C=N–C) groups is 1. The Morgan fingerprint density at radius 3 is 2.50 bits per heavy atom. The minimum Gasteiger partial charge on any atom is -0.450 e. The van der Waals surface area contributed by atoms with Crippen LogP contribution in [0, 0.1) is 0 Å². The SMILES string of the molecule is CCOC(=O)N1CCC(NC(N)=NCc2ccc(C(=O)NC)cc2)CC1. The number of nitrogens with zero attached hydrogens (tertiary/aromatic N) is 2. The van der Waals surface area contributed by atoms with Gasteiger partial charge < -0.3 is 26.0 Å². The van der Waals surface area contributed by atoms with Gasteiger partial charge in [0, 0.05) is 31.7 Å². The van der Waals surface area contributed by atoms with E-state index in [1.807, 2.05) is 12.1 Å². The molecule has 0 aliphatic carbocycles. The van der Waals surface area contributed by atoms with Gasteiger partial charge in [0.1, 0.15) is 0 Å². The largest absolute Gasteiger partial charge is 0.450 e. The first kappa shape index (κ1) is 19.6. The molecule has 0 saturated carbocycles. The van der Waals surface area contributed by atoms with Crippen molar-refractivity contribution in [2.75, 3.05) is 26.7 Å². The van der Waals surface area contributed by atoms with Gasteiger partial charge in [0.15, 0.2) is 5.96 Å². The smallest absolute Gasteiger partial charge is 0.409 e. The zero-order chi connectivity index (χ0) is 18.9. The zero-order valence-corrected chi connectivity index (χ0v) is 15.3. The van der Waals surface area contributed by atoms with Crippen LogP contribution in [-0.4, -0.2) is 55.6 Å². The first-order chi connectivity index (χ1) is 12.5. The second-order valence-corrected chi connectivity index (χ2v) is 6.08. The molecule has 8 heteroatoms. The number of hydrogen-bond acceptors (Lipinski definition) is 4. The highest BCUT2D eigenvalue weighted by atomic mass is 16.6. The number of carbonyl (C=O) groups excluding carboxylic acids is 2. The molecular formula is C18H27N5O3.